The molecule has 0 aromatic heterocycles. The Morgan fingerprint density at radius 1 is 0.964 bits per heavy atom. The number of hydrogen-bond acceptors (Lipinski definition) is 2. The first-order valence-electron chi connectivity index (χ1n) is 10.3. The molecule has 0 unspecified atom stereocenters. The van der Waals surface area contributed by atoms with Gasteiger partial charge in [0.2, 0.25) is 0 Å². The van der Waals surface area contributed by atoms with E-state index in [9.17, 15) is 0 Å². The predicted molar refractivity (Wildman–Crippen MR) is 119 cm³/mol. The van der Waals surface area contributed by atoms with Crippen molar-refractivity contribution in [2.24, 2.45) is 0 Å². The Balaban J connectivity index is 1.45. The van der Waals surface area contributed by atoms with Gasteiger partial charge in [-0.3, -0.25) is 4.90 Å². The Labute approximate surface area is 175 Å². The fourth-order valence-electron chi connectivity index (χ4n) is 4.91. The zero-order valence-corrected chi connectivity index (χ0v) is 18.0. The van der Waals surface area contributed by atoms with Crippen LogP contribution >= 0.6 is 15.9 Å². The molecule has 0 bridgehead atoms. The Hall–Kier alpha value is -1.84. The van der Waals surface area contributed by atoms with E-state index in [1.807, 2.05) is 0 Å². The van der Waals surface area contributed by atoms with Crippen molar-refractivity contribution in [2.45, 2.75) is 58.3 Å². The summed E-state index contributed by atoms with van der Waals surface area (Å²) in [6, 6.07) is 18.2. The maximum absolute atomic E-state index is 6.31. The van der Waals surface area contributed by atoms with Gasteiger partial charge < -0.3 is 4.74 Å². The van der Waals surface area contributed by atoms with Crippen LogP contribution in [0.1, 0.15) is 47.9 Å². The van der Waals surface area contributed by atoms with E-state index in [1.165, 1.54) is 58.7 Å². The topological polar surface area (TPSA) is 12.5 Å². The summed E-state index contributed by atoms with van der Waals surface area (Å²) >= 11 is 3.62. The van der Waals surface area contributed by atoms with Gasteiger partial charge in [0.15, 0.2) is 0 Å². The first kappa shape index (κ1) is 18.2. The van der Waals surface area contributed by atoms with Crippen molar-refractivity contribution in [3.8, 4) is 5.75 Å². The van der Waals surface area contributed by atoms with Crippen LogP contribution < -0.4 is 4.74 Å². The highest BCUT2D eigenvalue weighted by molar-refractivity contribution is 9.10. The van der Waals surface area contributed by atoms with Crippen LogP contribution in [0.25, 0.3) is 10.8 Å². The summed E-state index contributed by atoms with van der Waals surface area (Å²) in [5.41, 5.74) is 5.38. The third-order valence-electron chi connectivity index (χ3n) is 6.52. The van der Waals surface area contributed by atoms with Crippen LogP contribution in [-0.4, -0.2) is 10.9 Å². The van der Waals surface area contributed by atoms with Gasteiger partial charge in [-0.15, -0.1) is 0 Å². The molecule has 2 aliphatic rings. The fourth-order valence-corrected chi connectivity index (χ4v) is 5.32. The molecule has 144 valence electrons. The van der Waals surface area contributed by atoms with Crippen molar-refractivity contribution in [3.05, 3.63) is 75.3 Å². The van der Waals surface area contributed by atoms with E-state index < -0.39 is 0 Å². The van der Waals surface area contributed by atoms with E-state index in [1.54, 1.807) is 0 Å². The number of rotatable bonds is 4. The van der Waals surface area contributed by atoms with E-state index >= 15 is 0 Å². The minimum Gasteiger partial charge on any atom is -0.488 e. The molecular weight excluding hydrogens is 410 g/mol. The van der Waals surface area contributed by atoms with Crippen LogP contribution in [-0.2, 0) is 19.7 Å². The van der Waals surface area contributed by atoms with Gasteiger partial charge in [0, 0.05) is 29.0 Å². The average molecular weight is 436 g/mol. The molecule has 3 aromatic carbocycles. The van der Waals surface area contributed by atoms with Gasteiger partial charge in [0.25, 0.3) is 0 Å². The van der Waals surface area contributed by atoms with E-state index in [2.05, 4.69) is 76.3 Å². The van der Waals surface area contributed by atoms with Gasteiger partial charge in [0.1, 0.15) is 12.4 Å². The molecule has 0 atom stereocenters. The Bertz CT molecular complexity index is 1010. The summed E-state index contributed by atoms with van der Waals surface area (Å²) in [7, 11) is 0. The smallest absolute Gasteiger partial charge is 0.127 e. The normalized spacial score (nSPS) is 17.4. The van der Waals surface area contributed by atoms with Crippen LogP contribution in [0.4, 0.5) is 0 Å². The van der Waals surface area contributed by atoms with Crippen molar-refractivity contribution < 1.29 is 4.74 Å². The van der Waals surface area contributed by atoms with Gasteiger partial charge in [-0.2, -0.15) is 0 Å². The molecule has 0 saturated heterocycles. The molecule has 2 nitrogen and oxygen atoms in total. The summed E-state index contributed by atoms with van der Waals surface area (Å²) < 4.78 is 7.45. The van der Waals surface area contributed by atoms with E-state index in [-0.39, 0.29) is 0 Å². The quantitative estimate of drug-likeness (QED) is 0.449. The molecule has 0 amide bonds. The van der Waals surface area contributed by atoms with Crippen LogP contribution in [0.5, 0.6) is 5.75 Å². The molecule has 1 heterocycles. The van der Waals surface area contributed by atoms with Crippen molar-refractivity contribution >= 4 is 26.7 Å². The van der Waals surface area contributed by atoms with E-state index in [4.69, 9.17) is 4.74 Å². The molecule has 1 fully saturated rings. The lowest BCUT2D eigenvalue weighted by molar-refractivity contribution is 0.177. The van der Waals surface area contributed by atoms with Crippen LogP contribution in [0.15, 0.2) is 53.0 Å². The molecule has 0 N–H and O–H groups in total. The second-order valence-corrected chi connectivity index (χ2v) is 9.07. The molecule has 0 radical (unpaired) electrons. The van der Waals surface area contributed by atoms with Crippen LogP contribution in [0, 0.1) is 6.92 Å². The summed E-state index contributed by atoms with van der Waals surface area (Å²) in [5, 5.41) is 2.67. The molecule has 0 spiro atoms. The van der Waals surface area contributed by atoms with Crippen LogP contribution in [0.2, 0.25) is 0 Å². The maximum atomic E-state index is 6.31. The van der Waals surface area contributed by atoms with Crippen molar-refractivity contribution in [1.82, 2.24) is 4.90 Å². The standard InChI is InChI=1S/C25H26BrNO/c1-17-20(7-5-11-23(17)26)16-28-24-13-12-19-15-27(21-8-2-3-9-21)14-18-6-4-10-22(24)25(18)19/h4-7,10-13,21H,2-3,8-9,14-16H2,1H3. The first-order valence-corrected chi connectivity index (χ1v) is 11.1. The van der Waals surface area contributed by atoms with Crippen LogP contribution in [0.3, 0.4) is 0 Å². The van der Waals surface area contributed by atoms with E-state index in [0.29, 0.717) is 6.61 Å². The predicted octanol–water partition coefficient (Wildman–Crippen LogP) is 6.75. The Kier molecular flexibility index (Phi) is 4.90. The number of hydrogen-bond donors (Lipinski definition) is 0. The van der Waals surface area contributed by atoms with Gasteiger partial charge >= 0.3 is 0 Å². The molecule has 1 saturated carbocycles. The second kappa shape index (κ2) is 7.53. The lowest BCUT2D eigenvalue weighted by atomic mass is 9.93. The highest BCUT2D eigenvalue weighted by Crippen LogP contribution is 2.38. The molecule has 3 aromatic rings. The summed E-state index contributed by atoms with van der Waals surface area (Å²) in [6.07, 6.45) is 5.50. The first-order chi connectivity index (χ1) is 13.7. The van der Waals surface area contributed by atoms with Gasteiger partial charge in [-0.1, -0.05) is 65.2 Å². The Morgan fingerprint density at radius 3 is 2.54 bits per heavy atom. The number of benzene rings is 3. The zero-order chi connectivity index (χ0) is 19.1. The number of nitrogens with zero attached hydrogens (tertiary/aromatic N) is 1. The maximum Gasteiger partial charge on any atom is 0.127 e. The van der Waals surface area contributed by atoms with Crippen molar-refractivity contribution in [3.63, 3.8) is 0 Å². The van der Waals surface area contributed by atoms with Crippen molar-refractivity contribution in [2.75, 3.05) is 0 Å². The number of halogens is 1. The van der Waals surface area contributed by atoms with Gasteiger partial charge in [0.05, 0.1) is 0 Å². The lowest BCUT2D eigenvalue weighted by Crippen LogP contribution is -2.34. The molecular formula is C25H26BrNO. The van der Waals surface area contributed by atoms with Gasteiger partial charge in [-0.25, -0.2) is 0 Å². The monoisotopic (exact) mass is 435 g/mol. The largest absolute Gasteiger partial charge is 0.488 e. The zero-order valence-electron chi connectivity index (χ0n) is 16.4. The van der Waals surface area contributed by atoms with Gasteiger partial charge in [-0.05, 0) is 59.5 Å². The SMILES string of the molecule is Cc1c(Br)cccc1COc1ccc2c3c(cccc13)CN(C1CCCC1)C2. The summed E-state index contributed by atoms with van der Waals surface area (Å²) in [5.74, 6) is 0.995. The molecule has 1 aliphatic heterocycles. The van der Waals surface area contributed by atoms with E-state index in [0.717, 1.165) is 29.4 Å². The molecule has 5 rings (SSSR count). The summed E-state index contributed by atoms with van der Waals surface area (Å²) in [6.45, 7) is 4.88. The highest BCUT2D eigenvalue weighted by Gasteiger charge is 2.27. The molecule has 1 aliphatic carbocycles. The average Bonchev–Trinajstić information content (AvgIpc) is 3.25. The molecule has 28 heavy (non-hydrogen) atoms. The minimum absolute atomic E-state index is 0.595. The molecule has 3 heteroatoms. The summed E-state index contributed by atoms with van der Waals surface area (Å²) in [4.78, 5) is 2.69. The highest BCUT2D eigenvalue weighted by atomic mass is 79.9. The fraction of sp³-hybridized carbons (Fsp3) is 0.360. The minimum atomic E-state index is 0.595. The third-order valence-corrected chi connectivity index (χ3v) is 7.38. The lowest BCUT2D eigenvalue weighted by Gasteiger charge is -2.34. The second-order valence-electron chi connectivity index (χ2n) is 8.22. The van der Waals surface area contributed by atoms with Crippen molar-refractivity contribution in [1.29, 1.82) is 0 Å². The number of ether oxygens (including phenoxy) is 1. The third kappa shape index (κ3) is 3.25. The Morgan fingerprint density at radius 2 is 1.71 bits per heavy atom.